The lowest BCUT2D eigenvalue weighted by molar-refractivity contribution is -0.119. The molecule has 0 bridgehead atoms. The predicted octanol–water partition coefficient (Wildman–Crippen LogP) is 4.35. The van der Waals surface area contributed by atoms with Crippen LogP contribution in [-0.2, 0) is 21.4 Å². The van der Waals surface area contributed by atoms with E-state index in [4.69, 9.17) is 0 Å². The van der Waals surface area contributed by atoms with Crippen LogP contribution in [0.25, 0.3) is 0 Å². The number of nitrogens with one attached hydrogen (secondary N) is 1. The molecule has 0 unspecified atom stereocenters. The van der Waals surface area contributed by atoms with Crippen molar-refractivity contribution < 1.29 is 13.2 Å². The van der Waals surface area contributed by atoms with Crippen LogP contribution < -0.4 is 14.5 Å². The van der Waals surface area contributed by atoms with Gasteiger partial charge in [-0.15, -0.1) is 0 Å². The number of hydrogen-bond acceptors (Lipinski definition) is 4. The molecule has 3 rings (SSSR count). The van der Waals surface area contributed by atoms with Crippen molar-refractivity contribution in [3.8, 4) is 0 Å². The number of benzene rings is 3. The third-order valence-electron chi connectivity index (χ3n) is 5.49. The molecule has 3 aromatic carbocycles. The molecule has 0 fully saturated rings. The second-order valence-electron chi connectivity index (χ2n) is 7.78. The van der Waals surface area contributed by atoms with Gasteiger partial charge in [0.1, 0.15) is 6.54 Å². The van der Waals surface area contributed by atoms with Crippen LogP contribution in [0, 0.1) is 6.92 Å². The summed E-state index contributed by atoms with van der Waals surface area (Å²) in [5.74, 6) is -0.372. The molecule has 0 atom stereocenters. The maximum atomic E-state index is 13.3. The summed E-state index contributed by atoms with van der Waals surface area (Å²) in [7, 11) is -3.90. The van der Waals surface area contributed by atoms with Gasteiger partial charge >= 0.3 is 0 Å². The van der Waals surface area contributed by atoms with Gasteiger partial charge in [0.05, 0.1) is 10.6 Å². The predicted molar refractivity (Wildman–Crippen MR) is 134 cm³/mol. The normalized spacial score (nSPS) is 11.1. The van der Waals surface area contributed by atoms with Gasteiger partial charge in [0.25, 0.3) is 10.0 Å². The smallest absolute Gasteiger partial charge is 0.264 e. The second-order valence-corrected chi connectivity index (χ2v) is 9.64. The summed E-state index contributed by atoms with van der Waals surface area (Å²) in [5.41, 5.74) is 3.54. The molecular formula is C26H31N3O3S. The Morgan fingerprint density at radius 3 is 1.97 bits per heavy atom. The third kappa shape index (κ3) is 6.14. The molecule has 174 valence electrons. The topological polar surface area (TPSA) is 69.7 Å². The summed E-state index contributed by atoms with van der Waals surface area (Å²) < 4.78 is 27.8. The molecule has 0 aliphatic heterocycles. The number of carbonyl (C=O) groups is 1. The number of rotatable bonds is 10. The maximum absolute atomic E-state index is 13.3. The first kappa shape index (κ1) is 24.3. The van der Waals surface area contributed by atoms with Gasteiger partial charge in [-0.25, -0.2) is 8.42 Å². The zero-order valence-corrected chi connectivity index (χ0v) is 20.2. The number of aryl methyl sites for hydroxylation is 1. The number of anilines is 2. The zero-order valence-electron chi connectivity index (χ0n) is 19.4. The largest absolute Gasteiger partial charge is 0.372 e. The molecule has 6 nitrogen and oxygen atoms in total. The Kier molecular flexibility index (Phi) is 8.11. The highest BCUT2D eigenvalue weighted by Gasteiger charge is 2.27. The lowest BCUT2D eigenvalue weighted by Gasteiger charge is -2.24. The zero-order chi connectivity index (χ0) is 23.8. The molecule has 33 heavy (non-hydrogen) atoms. The highest BCUT2D eigenvalue weighted by atomic mass is 32.2. The van der Waals surface area contributed by atoms with E-state index in [2.05, 4.69) is 24.1 Å². The Morgan fingerprint density at radius 1 is 0.818 bits per heavy atom. The van der Waals surface area contributed by atoms with E-state index in [9.17, 15) is 13.2 Å². The fraction of sp³-hybridized carbons (Fsp3) is 0.269. The standard InChI is InChI=1S/C26H31N3O3S/c1-4-28(5-2)23-17-13-22(14-18-23)19-27-26(30)20-29(24-15-11-21(3)12-16-24)33(31,32)25-9-7-6-8-10-25/h6-18H,4-5,19-20H2,1-3H3,(H,27,30). The molecule has 0 saturated heterocycles. The fourth-order valence-electron chi connectivity index (χ4n) is 3.55. The van der Waals surface area contributed by atoms with Gasteiger partial charge in [0, 0.05) is 25.3 Å². The monoisotopic (exact) mass is 465 g/mol. The Balaban J connectivity index is 1.75. The number of amides is 1. The molecule has 1 N–H and O–H groups in total. The number of carbonyl (C=O) groups excluding carboxylic acids is 1. The Hall–Kier alpha value is -3.32. The minimum atomic E-state index is -3.90. The Labute approximate surface area is 196 Å². The van der Waals surface area contributed by atoms with Crippen LogP contribution in [0.1, 0.15) is 25.0 Å². The summed E-state index contributed by atoms with van der Waals surface area (Å²) in [5, 5.41) is 2.85. The number of hydrogen-bond donors (Lipinski definition) is 1. The summed E-state index contributed by atoms with van der Waals surface area (Å²) in [6.07, 6.45) is 0. The second kappa shape index (κ2) is 11.0. The van der Waals surface area contributed by atoms with Crippen molar-refractivity contribution in [2.75, 3.05) is 28.8 Å². The minimum Gasteiger partial charge on any atom is -0.372 e. The van der Waals surface area contributed by atoms with Crippen molar-refractivity contribution in [1.29, 1.82) is 0 Å². The first-order valence-corrected chi connectivity index (χ1v) is 12.5. The number of nitrogens with zero attached hydrogens (tertiary/aromatic N) is 2. The Morgan fingerprint density at radius 2 is 1.39 bits per heavy atom. The van der Waals surface area contributed by atoms with Crippen LogP contribution in [0.2, 0.25) is 0 Å². The molecule has 0 spiro atoms. The van der Waals surface area contributed by atoms with Crippen molar-refractivity contribution in [2.24, 2.45) is 0 Å². The van der Waals surface area contributed by atoms with Crippen LogP contribution in [0.3, 0.4) is 0 Å². The van der Waals surface area contributed by atoms with E-state index >= 15 is 0 Å². The minimum absolute atomic E-state index is 0.144. The maximum Gasteiger partial charge on any atom is 0.264 e. The van der Waals surface area contributed by atoms with Crippen molar-refractivity contribution >= 4 is 27.3 Å². The van der Waals surface area contributed by atoms with Crippen molar-refractivity contribution in [2.45, 2.75) is 32.2 Å². The van der Waals surface area contributed by atoms with Gasteiger partial charge in [-0.1, -0.05) is 48.0 Å². The highest BCUT2D eigenvalue weighted by Crippen LogP contribution is 2.24. The summed E-state index contributed by atoms with van der Waals surface area (Å²) in [6, 6.07) is 23.3. The van der Waals surface area contributed by atoms with Gasteiger partial charge in [0.15, 0.2) is 0 Å². The van der Waals surface area contributed by atoms with Crippen molar-refractivity contribution in [3.05, 3.63) is 90.0 Å². The highest BCUT2D eigenvalue weighted by molar-refractivity contribution is 7.92. The van der Waals surface area contributed by atoms with Crippen molar-refractivity contribution in [3.63, 3.8) is 0 Å². The first-order chi connectivity index (χ1) is 15.8. The van der Waals surface area contributed by atoms with Gasteiger partial charge in [-0.05, 0) is 62.7 Å². The molecule has 1 amide bonds. The molecule has 0 heterocycles. The van der Waals surface area contributed by atoms with Crippen LogP contribution in [0.5, 0.6) is 0 Å². The van der Waals surface area contributed by atoms with E-state index in [0.717, 1.165) is 34.2 Å². The molecular weight excluding hydrogens is 434 g/mol. The lowest BCUT2D eigenvalue weighted by Crippen LogP contribution is -2.40. The lowest BCUT2D eigenvalue weighted by atomic mass is 10.2. The van der Waals surface area contributed by atoms with Gasteiger partial charge in [0.2, 0.25) is 5.91 Å². The van der Waals surface area contributed by atoms with E-state index in [1.165, 1.54) is 12.1 Å². The molecule has 3 aromatic rings. The van der Waals surface area contributed by atoms with Crippen LogP contribution in [0.15, 0.2) is 83.8 Å². The van der Waals surface area contributed by atoms with E-state index in [-0.39, 0.29) is 17.3 Å². The summed E-state index contributed by atoms with van der Waals surface area (Å²) in [6.45, 7) is 8.02. The van der Waals surface area contributed by atoms with E-state index in [1.54, 1.807) is 30.3 Å². The summed E-state index contributed by atoms with van der Waals surface area (Å²) in [4.78, 5) is 15.2. The first-order valence-electron chi connectivity index (χ1n) is 11.1. The van der Waals surface area contributed by atoms with Crippen LogP contribution >= 0.6 is 0 Å². The van der Waals surface area contributed by atoms with Crippen molar-refractivity contribution in [1.82, 2.24) is 5.32 Å². The molecule has 0 aliphatic carbocycles. The quantitative estimate of drug-likeness (QED) is 0.483. The molecule has 7 heteroatoms. The van der Waals surface area contributed by atoms with Gasteiger partial charge in [-0.3, -0.25) is 9.10 Å². The molecule has 0 aromatic heterocycles. The van der Waals surface area contributed by atoms with E-state index in [1.807, 2.05) is 43.3 Å². The number of sulfonamides is 1. The average molecular weight is 466 g/mol. The third-order valence-corrected chi connectivity index (χ3v) is 7.28. The van der Waals surface area contributed by atoms with Crippen LogP contribution in [0.4, 0.5) is 11.4 Å². The fourth-order valence-corrected chi connectivity index (χ4v) is 4.99. The van der Waals surface area contributed by atoms with E-state index < -0.39 is 10.0 Å². The molecule has 0 radical (unpaired) electrons. The molecule has 0 saturated carbocycles. The Bertz CT molecular complexity index is 1140. The van der Waals surface area contributed by atoms with E-state index in [0.29, 0.717) is 12.2 Å². The van der Waals surface area contributed by atoms with Crippen LogP contribution in [-0.4, -0.2) is 34.0 Å². The average Bonchev–Trinajstić information content (AvgIpc) is 2.84. The van der Waals surface area contributed by atoms with Gasteiger partial charge < -0.3 is 10.2 Å². The summed E-state index contributed by atoms with van der Waals surface area (Å²) >= 11 is 0. The SMILES string of the molecule is CCN(CC)c1ccc(CNC(=O)CN(c2ccc(C)cc2)S(=O)(=O)c2ccccc2)cc1. The van der Waals surface area contributed by atoms with Gasteiger partial charge in [-0.2, -0.15) is 0 Å². The molecule has 0 aliphatic rings.